The van der Waals surface area contributed by atoms with Crippen molar-refractivity contribution in [1.29, 1.82) is 0 Å². The van der Waals surface area contributed by atoms with Gasteiger partial charge in [0.05, 0.1) is 12.7 Å². The van der Waals surface area contributed by atoms with E-state index in [4.69, 9.17) is 9.47 Å². The van der Waals surface area contributed by atoms with Crippen molar-refractivity contribution in [2.75, 3.05) is 6.61 Å². The molecule has 0 bridgehead atoms. The van der Waals surface area contributed by atoms with Crippen LogP contribution in [0.25, 0.3) is 0 Å². The van der Waals surface area contributed by atoms with Crippen molar-refractivity contribution in [2.45, 2.75) is 51.7 Å². The van der Waals surface area contributed by atoms with E-state index in [0.717, 1.165) is 19.3 Å². The predicted octanol–water partition coefficient (Wildman–Crippen LogP) is 1.83. The molecule has 5 nitrogen and oxygen atoms in total. The zero-order chi connectivity index (χ0) is 16.1. The lowest BCUT2D eigenvalue weighted by Crippen LogP contribution is -2.56. The van der Waals surface area contributed by atoms with Crippen LogP contribution in [-0.4, -0.2) is 35.9 Å². The molecule has 1 saturated heterocycles. The summed E-state index contributed by atoms with van der Waals surface area (Å²) in [5, 5.41) is 10.5. The molecule has 5 heteroatoms. The second kappa shape index (κ2) is 5.37. The Morgan fingerprint density at radius 3 is 2.86 bits per heavy atom. The molecular formula is C17H24O5. The summed E-state index contributed by atoms with van der Waals surface area (Å²) in [5.74, 6) is -0.449. The van der Waals surface area contributed by atoms with Crippen molar-refractivity contribution in [2.24, 2.45) is 23.2 Å². The Balaban J connectivity index is 1.90. The van der Waals surface area contributed by atoms with Crippen molar-refractivity contribution in [3.63, 3.8) is 0 Å². The van der Waals surface area contributed by atoms with Crippen LogP contribution in [0.2, 0.25) is 0 Å². The van der Waals surface area contributed by atoms with E-state index in [2.05, 4.69) is 13.5 Å². The summed E-state index contributed by atoms with van der Waals surface area (Å²) in [4.78, 5) is 23.1. The van der Waals surface area contributed by atoms with Crippen molar-refractivity contribution in [3.05, 3.63) is 12.2 Å². The van der Waals surface area contributed by atoms with Gasteiger partial charge in [-0.1, -0.05) is 13.5 Å². The Hall–Kier alpha value is -1.36. The molecule has 0 aromatic heterocycles. The summed E-state index contributed by atoms with van der Waals surface area (Å²) < 4.78 is 10.8. The summed E-state index contributed by atoms with van der Waals surface area (Å²) >= 11 is 0. The quantitative estimate of drug-likeness (QED) is 0.622. The molecule has 3 fully saturated rings. The smallest absolute Gasteiger partial charge is 0.334 e. The fraction of sp³-hybridized carbons (Fsp3) is 0.765. The number of rotatable bonds is 2. The number of esters is 2. The first-order chi connectivity index (χ1) is 10.3. The van der Waals surface area contributed by atoms with Crippen LogP contribution in [0.4, 0.5) is 0 Å². The number of carbonyl (C=O) groups excluding carboxylic acids is 2. The van der Waals surface area contributed by atoms with Crippen molar-refractivity contribution >= 4 is 11.9 Å². The van der Waals surface area contributed by atoms with E-state index in [1.54, 1.807) is 0 Å². The highest BCUT2D eigenvalue weighted by Gasteiger charge is 2.59. The summed E-state index contributed by atoms with van der Waals surface area (Å²) in [6.07, 6.45) is 2.49. The third kappa shape index (κ3) is 2.26. The minimum absolute atomic E-state index is 0.0116. The largest absolute Gasteiger partial charge is 0.466 e. The van der Waals surface area contributed by atoms with E-state index >= 15 is 0 Å². The molecule has 3 rings (SSSR count). The summed E-state index contributed by atoms with van der Waals surface area (Å²) in [6.45, 7) is 7.68. The van der Waals surface area contributed by atoms with Gasteiger partial charge in [0.1, 0.15) is 6.10 Å². The third-order valence-corrected chi connectivity index (χ3v) is 6.04. The minimum Gasteiger partial charge on any atom is -0.466 e. The molecule has 6 atom stereocenters. The predicted molar refractivity (Wildman–Crippen MR) is 78.7 cm³/mol. The molecule has 0 amide bonds. The molecule has 0 spiro atoms. The first-order valence-corrected chi connectivity index (χ1v) is 8.06. The third-order valence-electron chi connectivity index (χ3n) is 6.04. The average Bonchev–Trinajstić information content (AvgIpc) is 2.74. The van der Waals surface area contributed by atoms with Crippen LogP contribution in [0.15, 0.2) is 12.2 Å². The molecule has 122 valence electrons. The van der Waals surface area contributed by atoms with Crippen LogP contribution < -0.4 is 0 Å². The van der Waals surface area contributed by atoms with Crippen LogP contribution in [0.1, 0.15) is 39.5 Å². The zero-order valence-corrected chi connectivity index (χ0v) is 13.2. The van der Waals surface area contributed by atoms with Gasteiger partial charge in [0.25, 0.3) is 0 Å². The molecular weight excluding hydrogens is 284 g/mol. The van der Waals surface area contributed by atoms with Gasteiger partial charge in [-0.2, -0.15) is 0 Å². The lowest BCUT2D eigenvalue weighted by Gasteiger charge is -2.54. The highest BCUT2D eigenvalue weighted by molar-refractivity contribution is 5.90. The van der Waals surface area contributed by atoms with Gasteiger partial charge in [-0.25, -0.2) is 4.79 Å². The molecule has 6 unspecified atom stereocenters. The highest BCUT2D eigenvalue weighted by Crippen LogP contribution is 2.57. The molecule has 1 N–H and O–H groups in total. The average molecular weight is 308 g/mol. The van der Waals surface area contributed by atoms with Gasteiger partial charge < -0.3 is 14.6 Å². The highest BCUT2D eigenvalue weighted by atomic mass is 16.6. The van der Waals surface area contributed by atoms with Gasteiger partial charge in [-0.05, 0) is 25.7 Å². The number of ether oxygens (including phenoxy) is 2. The number of hydrogen-bond donors (Lipinski definition) is 1. The van der Waals surface area contributed by atoms with E-state index in [0.29, 0.717) is 18.6 Å². The molecule has 3 aliphatic rings. The first-order valence-electron chi connectivity index (χ1n) is 8.06. The summed E-state index contributed by atoms with van der Waals surface area (Å²) in [5.41, 5.74) is 0.258. The van der Waals surface area contributed by atoms with Gasteiger partial charge in [-0.15, -0.1) is 0 Å². The second-order valence-electron chi connectivity index (χ2n) is 7.23. The normalized spacial score (nSPS) is 44.0. The van der Waals surface area contributed by atoms with Gasteiger partial charge >= 0.3 is 11.9 Å². The first kappa shape index (κ1) is 15.5. The van der Waals surface area contributed by atoms with Gasteiger partial charge in [-0.3, -0.25) is 4.79 Å². The van der Waals surface area contributed by atoms with E-state index in [1.165, 1.54) is 6.92 Å². The van der Waals surface area contributed by atoms with E-state index < -0.39 is 6.10 Å². The molecule has 2 saturated carbocycles. The zero-order valence-electron chi connectivity index (χ0n) is 13.2. The van der Waals surface area contributed by atoms with Crippen molar-refractivity contribution in [1.82, 2.24) is 0 Å². The number of hydrogen-bond acceptors (Lipinski definition) is 5. The monoisotopic (exact) mass is 308 g/mol. The van der Waals surface area contributed by atoms with Gasteiger partial charge in [0.2, 0.25) is 0 Å². The number of aliphatic hydroxyl groups is 1. The molecule has 0 aromatic rings. The fourth-order valence-electron chi connectivity index (χ4n) is 4.79. The Morgan fingerprint density at radius 1 is 1.45 bits per heavy atom. The maximum Gasteiger partial charge on any atom is 0.334 e. The topological polar surface area (TPSA) is 72.8 Å². The van der Waals surface area contributed by atoms with E-state index in [1.807, 2.05) is 0 Å². The molecule has 0 aromatic carbocycles. The molecule has 22 heavy (non-hydrogen) atoms. The fourth-order valence-corrected chi connectivity index (χ4v) is 4.79. The van der Waals surface area contributed by atoms with Crippen molar-refractivity contribution in [3.8, 4) is 0 Å². The number of fused-ring (bicyclic) bond motifs is 3. The van der Waals surface area contributed by atoms with Crippen LogP contribution >= 0.6 is 0 Å². The van der Waals surface area contributed by atoms with Gasteiger partial charge in [0.15, 0.2) is 0 Å². The maximum atomic E-state index is 11.9. The number of carbonyl (C=O) groups is 2. The minimum atomic E-state index is -0.403. The lowest BCUT2D eigenvalue weighted by molar-refractivity contribution is -0.176. The lowest BCUT2D eigenvalue weighted by atomic mass is 9.52. The SMILES string of the molecule is C=C1C(=O)OC2C1CCC1(C)C(O)CCC(COC(C)=O)C21. The molecule has 1 heterocycles. The van der Waals surface area contributed by atoms with Crippen LogP contribution in [0, 0.1) is 23.2 Å². The number of aliphatic hydroxyl groups excluding tert-OH is 1. The van der Waals surface area contributed by atoms with Crippen LogP contribution in [-0.2, 0) is 19.1 Å². The Morgan fingerprint density at radius 2 is 2.18 bits per heavy atom. The Kier molecular flexibility index (Phi) is 3.79. The summed E-state index contributed by atoms with van der Waals surface area (Å²) in [6, 6.07) is 0. The van der Waals surface area contributed by atoms with Crippen LogP contribution in [0.5, 0.6) is 0 Å². The van der Waals surface area contributed by atoms with Crippen LogP contribution in [0.3, 0.4) is 0 Å². The Bertz CT molecular complexity index is 513. The van der Waals surface area contributed by atoms with Gasteiger partial charge in [0, 0.05) is 35.7 Å². The standard InChI is InChI=1S/C17H24O5/c1-9-12-6-7-17(3)13(19)5-4-11(8-21-10(2)18)14(17)15(12)22-16(9)20/h11-15,19H,1,4-8H2,2-3H3. The molecule has 1 aliphatic heterocycles. The summed E-state index contributed by atoms with van der Waals surface area (Å²) in [7, 11) is 0. The molecule has 0 radical (unpaired) electrons. The van der Waals surface area contributed by atoms with Crippen molar-refractivity contribution < 1.29 is 24.2 Å². The molecule has 2 aliphatic carbocycles. The Labute approximate surface area is 130 Å². The second-order valence-corrected chi connectivity index (χ2v) is 7.23. The van der Waals surface area contributed by atoms with E-state index in [9.17, 15) is 14.7 Å². The van der Waals surface area contributed by atoms with E-state index in [-0.39, 0.29) is 41.2 Å². The maximum absolute atomic E-state index is 11.9.